The Morgan fingerprint density at radius 2 is 2.10 bits per heavy atom. The smallest absolute Gasteiger partial charge is 0.396 e. The van der Waals surface area contributed by atoms with E-state index in [0.717, 1.165) is 18.6 Å². The summed E-state index contributed by atoms with van der Waals surface area (Å²) in [4.78, 5) is 11.9. The predicted molar refractivity (Wildman–Crippen MR) is 77.0 cm³/mol. The molecule has 1 amide bonds. The van der Waals surface area contributed by atoms with E-state index in [0.29, 0.717) is 17.4 Å². The number of carbonyl (C=O) groups excluding carboxylic acids is 1. The largest absolute Gasteiger partial charge is 0.416 e. The molecule has 118 valence electrons. The molecule has 0 saturated heterocycles. The number of alkyl halides is 3. The maximum atomic E-state index is 12.6. The van der Waals surface area contributed by atoms with Crippen LogP contribution in [-0.4, -0.2) is 24.2 Å². The third-order valence-electron chi connectivity index (χ3n) is 3.01. The highest BCUT2D eigenvalue weighted by atomic mass is 79.9. The first-order chi connectivity index (χ1) is 9.75. The van der Waals surface area contributed by atoms with Gasteiger partial charge in [-0.2, -0.15) is 13.2 Å². The average molecular weight is 368 g/mol. The number of rotatable bonds is 6. The highest BCUT2D eigenvalue weighted by Crippen LogP contribution is 2.31. The third-order valence-corrected chi connectivity index (χ3v) is 3.70. The van der Waals surface area contributed by atoms with Crippen LogP contribution in [0.25, 0.3) is 0 Å². The Kier molecular flexibility index (Phi) is 6.67. The van der Waals surface area contributed by atoms with Gasteiger partial charge in [-0.1, -0.05) is 6.92 Å². The van der Waals surface area contributed by atoms with Gasteiger partial charge in [-0.3, -0.25) is 4.79 Å². The third kappa shape index (κ3) is 5.67. The van der Waals surface area contributed by atoms with Crippen LogP contribution in [0.2, 0.25) is 0 Å². The second-order valence-electron chi connectivity index (χ2n) is 4.88. The van der Waals surface area contributed by atoms with Crippen molar-refractivity contribution in [3.63, 3.8) is 0 Å². The molecule has 0 aliphatic heterocycles. The zero-order chi connectivity index (χ0) is 16.0. The molecule has 1 atom stereocenters. The molecule has 0 aliphatic rings. The molecule has 0 fully saturated rings. The number of aliphatic hydroxyl groups excluding tert-OH is 1. The Balaban J connectivity index is 2.65. The van der Waals surface area contributed by atoms with Gasteiger partial charge in [-0.15, -0.1) is 0 Å². The molecule has 0 bridgehead atoms. The Hall–Kier alpha value is -1.08. The number of hydrogen-bond donors (Lipinski definition) is 2. The first-order valence-electron chi connectivity index (χ1n) is 6.51. The van der Waals surface area contributed by atoms with E-state index in [2.05, 4.69) is 21.2 Å². The van der Waals surface area contributed by atoms with Crippen molar-refractivity contribution in [3.05, 3.63) is 33.8 Å². The Morgan fingerprint density at radius 3 is 2.67 bits per heavy atom. The summed E-state index contributed by atoms with van der Waals surface area (Å²) in [5.41, 5.74) is -0.898. The van der Waals surface area contributed by atoms with Crippen LogP contribution in [0.5, 0.6) is 0 Å². The number of halogens is 4. The van der Waals surface area contributed by atoms with Crippen LogP contribution in [0, 0.1) is 5.92 Å². The minimum absolute atomic E-state index is 0.0416. The van der Waals surface area contributed by atoms with E-state index in [1.165, 1.54) is 6.07 Å². The van der Waals surface area contributed by atoms with Gasteiger partial charge >= 0.3 is 6.18 Å². The molecule has 0 aromatic heterocycles. The summed E-state index contributed by atoms with van der Waals surface area (Å²) >= 11 is 3.08. The molecular formula is C14H17BrF3NO2. The fraction of sp³-hybridized carbons (Fsp3) is 0.500. The number of hydrogen-bond acceptors (Lipinski definition) is 2. The number of nitrogens with one attached hydrogen (secondary N) is 1. The van der Waals surface area contributed by atoms with E-state index in [-0.39, 0.29) is 18.1 Å². The first-order valence-corrected chi connectivity index (χ1v) is 7.30. The molecule has 2 N–H and O–H groups in total. The van der Waals surface area contributed by atoms with Gasteiger partial charge in [0.25, 0.3) is 5.91 Å². The van der Waals surface area contributed by atoms with Crippen LogP contribution in [-0.2, 0) is 6.18 Å². The lowest BCUT2D eigenvalue weighted by Gasteiger charge is -2.12. The highest BCUT2D eigenvalue weighted by molar-refractivity contribution is 9.10. The van der Waals surface area contributed by atoms with E-state index in [4.69, 9.17) is 5.11 Å². The number of benzene rings is 1. The van der Waals surface area contributed by atoms with Crippen LogP contribution in [0.3, 0.4) is 0 Å². The van der Waals surface area contributed by atoms with Crippen LogP contribution in [0.4, 0.5) is 13.2 Å². The van der Waals surface area contributed by atoms with Gasteiger partial charge in [0.2, 0.25) is 0 Å². The molecule has 0 spiro atoms. The van der Waals surface area contributed by atoms with Gasteiger partial charge in [0, 0.05) is 17.6 Å². The standard InChI is InChI=1S/C14H17BrF3NO2/c1-9(8-20)3-2-6-19-13(21)11-7-10(14(16,17)18)4-5-12(11)15/h4-5,7,9,20H,2-3,6,8H2,1H3,(H,19,21). The van der Waals surface area contributed by atoms with Gasteiger partial charge in [0.15, 0.2) is 0 Å². The van der Waals surface area contributed by atoms with Crippen molar-refractivity contribution < 1.29 is 23.1 Å². The summed E-state index contributed by atoms with van der Waals surface area (Å²) in [6.07, 6.45) is -3.09. The maximum Gasteiger partial charge on any atom is 0.416 e. The topological polar surface area (TPSA) is 49.3 Å². The van der Waals surface area contributed by atoms with Gasteiger partial charge < -0.3 is 10.4 Å². The summed E-state index contributed by atoms with van der Waals surface area (Å²) < 4.78 is 38.2. The second-order valence-corrected chi connectivity index (χ2v) is 5.73. The SMILES string of the molecule is CC(CO)CCCNC(=O)c1cc(C(F)(F)F)ccc1Br. The lowest BCUT2D eigenvalue weighted by atomic mass is 10.1. The van der Waals surface area contributed by atoms with Crippen molar-refractivity contribution in [1.29, 1.82) is 0 Å². The van der Waals surface area contributed by atoms with E-state index in [1.807, 2.05) is 6.92 Å². The summed E-state index contributed by atoms with van der Waals surface area (Å²) in [6, 6.07) is 2.96. The number of aliphatic hydroxyl groups is 1. The van der Waals surface area contributed by atoms with Gasteiger partial charge in [-0.05, 0) is 52.9 Å². The average Bonchev–Trinajstić information content (AvgIpc) is 2.42. The first kappa shape index (κ1) is 18.0. The zero-order valence-electron chi connectivity index (χ0n) is 11.5. The van der Waals surface area contributed by atoms with Crippen LogP contribution >= 0.6 is 15.9 Å². The minimum Gasteiger partial charge on any atom is -0.396 e. The van der Waals surface area contributed by atoms with Crippen molar-refractivity contribution >= 4 is 21.8 Å². The Labute approximate surface area is 129 Å². The van der Waals surface area contributed by atoms with Crippen molar-refractivity contribution in [2.75, 3.05) is 13.2 Å². The molecule has 7 heteroatoms. The van der Waals surface area contributed by atoms with Crippen LogP contribution in [0.1, 0.15) is 35.7 Å². The van der Waals surface area contributed by atoms with Gasteiger partial charge in [0.05, 0.1) is 11.1 Å². The molecule has 1 aromatic carbocycles. The number of amides is 1. The van der Waals surface area contributed by atoms with Crippen molar-refractivity contribution in [1.82, 2.24) is 5.32 Å². The molecule has 0 saturated carbocycles. The lowest BCUT2D eigenvalue weighted by molar-refractivity contribution is -0.137. The second kappa shape index (κ2) is 7.79. The molecule has 0 heterocycles. The van der Waals surface area contributed by atoms with Gasteiger partial charge in [-0.25, -0.2) is 0 Å². The fourth-order valence-electron chi connectivity index (χ4n) is 1.71. The summed E-state index contributed by atoms with van der Waals surface area (Å²) in [7, 11) is 0. The maximum absolute atomic E-state index is 12.6. The van der Waals surface area contributed by atoms with E-state index in [9.17, 15) is 18.0 Å². The molecule has 3 nitrogen and oxygen atoms in total. The van der Waals surface area contributed by atoms with Crippen molar-refractivity contribution in [3.8, 4) is 0 Å². The predicted octanol–water partition coefficient (Wildman–Crippen LogP) is 3.61. The van der Waals surface area contributed by atoms with Crippen molar-refractivity contribution in [2.45, 2.75) is 25.9 Å². The summed E-state index contributed by atoms with van der Waals surface area (Å²) in [6.45, 7) is 2.31. The fourth-order valence-corrected chi connectivity index (χ4v) is 2.14. The highest BCUT2D eigenvalue weighted by Gasteiger charge is 2.31. The lowest BCUT2D eigenvalue weighted by Crippen LogP contribution is -2.25. The molecular weight excluding hydrogens is 351 g/mol. The normalized spacial score (nSPS) is 13.0. The quantitative estimate of drug-likeness (QED) is 0.754. The van der Waals surface area contributed by atoms with E-state index >= 15 is 0 Å². The summed E-state index contributed by atoms with van der Waals surface area (Å²) in [5, 5.41) is 11.4. The van der Waals surface area contributed by atoms with E-state index in [1.54, 1.807) is 0 Å². The molecule has 1 aromatic rings. The van der Waals surface area contributed by atoms with E-state index < -0.39 is 17.6 Å². The van der Waals surface area contributed by atoms with Crippen LogP contribution in [0.15, 0.2) is 22.7 Å². The zero-order valence-corrected chi connectivity index (χ0v) is 13.1. The van der Waals surface area contributed by atoms with Crippen molar-refractivity contribution in [2.24, 2.45) is 5.92 Å². The molecule has 0 aliphatic carbocycles. The Bertz CT molecular complexity index is 492. The summed E-state index contributed by atoms with van der Waals surface area (Å²) in [5.74, 6) is -0.410. The molecule has 21 heavy (non-hydrogen) atoms. The van der Waals surface area contributed by atoms with Gasteiger partial charge in [0.1, 0.15) is 0 Å². The monoisotopic (exact) mass is 367 g/mol. The molecule has 1 unspecified atom stereocenters. The molecule has 0 radical (unpaired) electrons. The van der Waals surface area contributed by atoms with Crippen LogP contribution < -0.4 is 5.32 Å². The Morgan fingerprint density at radius 1 is 1.43 bits per heavy atom. The number of carbonyl (C=O) groups is 1. The molecule has 1 rings (SSSR count). The minimum atomic E-state index is -4.48.